The fourth-order valence-corrected chi connectivity index (χ4v) is 1.98. The Balaban J connectivity index is 2.09. The zero-order chi connectivity index (χ0) is 12.5. The highest BCUT2D eigenvalue weighted by Gasteiger charge is 2.43. The molecular weight excluding hydrogens is 220 g/mol. The van der Waals surface area contributed by atoms with Gasteiger partial charge in [0.15, 0.2) is 0 Å². The number of benzene rings is 1. The molecule has 5 nitrogen and oxygen atoms in total. The van der Waals surface area contributed by atoms with Crippen LogP contribution in [0.5, 0.6) is 5.75 Å². The van der Waals surface area contributed by atoms with Gasteiger partial charge in [-0.3, -0.25) is 0 Å². The molecule has 0 aliphatic carbocycles. The second kappa shape index (κ2) is 4.43. The van der Waals surface area contributed by atoms with Gasteiger partial charge in [0.25, 0.3) is 0 Å². The van der Waals surface area contributed by atoms with Gasteiger partial charge in [-0.25, -0.2) is 0 Å². The average Bonchev–Trinajstić information content (AvgIpc) is 2.29. The highest BCUT2D eigenvalue weighted by molar-refractivity contribution is 5.64. The van der Waals surface area contributed by atoms with Crippen LogP contribution >= 0.6 is 0 Å². The quantitative estimate of drug-likeness (QED) is 0.628. The van der Waals surface area contributed by atoms with Crippen molar-refractivity contribution in [1.82, 2.24) is 0 Å². The van der Waals surface area contributed by atoms with Gasteiger partial charge in [0.05, 0.1) is 25.9 Å². The molecule has 0 bridgehead atoms. The van der Waals surface area contributed by atoms with Crippen LogP contribution in [0.25, 0.3) is 0 Å². The van der Waals surface area contributed by atoms with Crippen LogP contribution in [-0.4, -0.2) is 40.2 Å². The van der Waals surface area contributed by atoms with Crippen molar-refractivity contribution in [2.45, 2.75) is 5.79 Å². The van der Waals surface area contributed by atoms with Crippen LogP contribution < -0.4 is 15.4 Å². The van der Waals surface area contributed by atoms with Crippen LogP contribution in [0.1, 0.15) is 0 Å². The SMILES string of the molecule is COc1ccc(N2CC(OC)(OC)C2)cc1N. The van der Waals surface area contributed by atoms with Crippen LogP contribution in [0.2, 0.25) is 0 Å². The molecule has 2 N–H and O–H groups in total. The Kier molecular flexibility index (Phi) is 3.13. The van der Waals surface area contributed by atoms with E-state index in [0.717, 1.165) is 5.69 Å². The van der Waals surface area contributed by atoms with Gasteiger partial charge in [0.2, 0.25) is 5.79 Å². The molecule has 0 saturated carbocycles. The second-order valence-electron chi connectivity index (χ2n) is 4.10. The summed E-state index contributed by atoms with van der Waals surface area (Å²) in [5, 5.41) is 0. The largest absolute Gasteiger partial charge is 0.495 e. The predicted molar refractivity (Wildman–Crippen MR) is 66.4 cm³/mol. The topological polar surface area (TPSA) is 57.0 Å². The summed E-state index contributed by atoms with van der Waals surface area (Å²) in [6.45, 7) is 1.40. The molecule has 1 aliphatic heterocycles. The van der Waals surface area contributed by atoms with Gasteiger partial charge in [0.1, 0.15) is 5.75 Å². The number of nitrogens with two attached hydrogens (primary N) is 1. The lowest BCUT2D eigenvalue weighted by atomic mass is 10.1. The Morgan fingerprint density at radius 2 is 1.82 bits per heavy atom. The van der Waals surface area contributed by atoms with Crippen molar-refractivity contribution >= 4 is 11.4 Å². The molecule has 0 amide bonds. The molecule has 0 unspecified atom stereocenters. The molecule has 94 valence electrons. The van der Waals surface area contributed by atoms with Crippen molar-refractivity contribution in [1.29, 1.82) is 0 Å². The molecule has 1 saturated heterocycles. The Morgan fingerprint density at radius 1 is 1.18 bits per heavy atom. The maximum Gasteiger partial charge on any atom is 0.203 e. The van der Waals surface area contributed by atoms with Crippen LogP contribution in [0, 0.1) is 0 Å². The zero-order valence-electron chi connectivity index (χ0n) is 10.4. The lowest BCUT2D eigenvalue weighted by Gasteiger charge is -2.48. The van der Waals surface area contributed by atoms with E-state index in [1.807, 2.05) is 18.2 Å². The summed E-state index contributed by atoms with van der Waals surface area (Å²) < 4.78 is 15.8. The van der Waals surface area contributed by atoms with Gasteiger partial charge in [-0.05, 0) is 18.2 Å². The van der Waals surface area contributed by atoms with Gasteiger partial charge in [-0.2, -0.15) is 0 Å². The molecule has 0 atom stereocenters. The number of nitrogen functional groups attached to an aromatic ring is 1. The molecule has 1 fully saturated rings. The lowest BCUT2D eigenvalue weighted by Crippen LogP contribution is -2.64. The number of nitrogens with zero attached hydrogens (tertiary/aromatic N) is 1. The van der Waals surface area contributed by atoms with Gasteiger partial charge in [0, 0.05) is 19.9 Å². The minimum atomic E-state index is -0.477. The van der Waals surface area contributed by atoms with Gasteiger partial charge in [-0.1, -0.05) is 0 Å². The van der Waals surface area contributed by atoms with Crippen molar-refractivity contribution in [3.63, 3.8) is 0 Å². The average molecular weight is 238 g/mol. The number of hydrogen-bond donors (Lipinski definition) is 1. The van der Waals surface area contributed by atoms with E-state index >= 15 is 0 Å². The van der Waals surface area contributed by atoms with Crippen molar-refractivity contribution in [3.8, 4) is 5.75 Å². The first-order chi connectivity index (χ1) is 8.14. The number of rotatable bonds is 4. The molecule has 0 aromatic heterocycles. The standard InChI is InChI=1S/C12H18N2O3/c1-15-11-5-4-9(6-10(11)13)14-7-12(8-14,16-2)17-3/h4-6H,7-8,13H2,1-3H3. The molecule has 1 aliphatic rings. The first-order valence-corrected chi connectivity index (χ1v) is 5.43. The molecular formula is C12H18N2O3. The monoisotopic (exact) mass is 238 g/mol. The van der Waals surface area contributed by atoms with E-state index in [1.165, 1.54) is 0 Å². The lowest BCUT2D eigenvalue weighted by molar-refractivity contribution is -0.219. The maximum atomic E-state index is 5.87. The van der Waals surface area contributed by atoms with Crippen LogP contribution in [0.4, 0.5) is 11.4 Å². The molecule has 17 heavy (non-hydrogen) atoms. The van der Waals surface area contributed by atoms with Gasteiger partial charge < -0.3 is 24.8 Å². The highest BCUT2D eigenvalue weighted by atomic mass is 16.7. The summed E-state index contributed by atoms with van der Waals surface area (Å²) in [7, 11) is 4.92. The summed E-state index contributed by atoms with van der Waals surface area (Å²) in [6, 6.07) is 5.74. The second-order valence-corrected chi connectivity index (χ2v) is 4.10. The van der Waals surface area contributed by atoms with E-state index in [-0.39, 0.29) is 0 Å². The third kappa shape index (κ3) is 2.03. The van der Waals surface area contributed by atoms with E-state index in [0.29, 0.717) is 24.5 Å². The molecule has 0 radical (unpaired) electrons. The maximum absolute atomic E-state index is 5.87. The van der Waals surface area contributed by atoms with Crippen molar-refractivity contribution < 1.29 is 14.2 Å². The van der Waals surface area contributed by atoms with Gasteiger partial charge in [-0.15, -0.1) is 0 Å². The molecule has 1 aromatic rings. The number of anilines is 2. The Bertz CT molecular complexity index is 397. The molecule has 5 heteroatoms. The molecule has 1 heterocycles. The van der Waals surface area contributed by atoms with E-state index in [4.69, 9.17) is 19.9 Å². The van der Waals surface area contributed by atoms with Crippen molar-refractivity contribution in [2.24, 2.45) is 0 Å². The summed E-state index contributed by atoms with van der Waals surface area (Å²) >= 11 is 0. The van der Waals surface area contributed by atoms with E-state index < -0.39 is 5.79 Å². The summed E-state index contributed by atoms with van der Waals surface area (Å²) in [4.78, 5) is 2.14. The highest BCUT2D eigenvalue weighted by Crippen LogP contribution is 2.34. The molecule has 1 aromatic carbocycles. The van der Waals surface area contributed by atoms with E-state index in [2.05, 4.69) is 4.90 Å². The van der Waals surface area contributed by atoms with Gasteiger partial charge >= 0.3 is 0 Å². The minimum absolute atomic E-state index is 0.477. The first kappa shape index (κ1) is 12.0. The summed E-state index contributed by atoms with van der Waals surface area (Å²) in [5.41, 5.74) is 7.55. The predicted octanol–water partition coefficient (Wildman–Crippen LogP) is 1.09. The molecule has 0 spiro atoms. The van der Waals surface area contributed by atoms with Crippen molar-refractivity contribution in [2.75, 3.05) is 45.1 Å². The number of methoxy groups -OCH3 is 3. The third-order valence-corrected chi connectivity index (χ3v) is 3.19. The number of ether oxygens (including phenoxy) is 3. The third-order valence-electron chi connectivity index (χ3n) is 3.19. The fourth-order valence-electron chi connectivity index (χ4n) is 1.98. The Hall–Kier alpha value is -1.46. The minimum Gasteiger partial charge on any atom is -0.495 e. The van der Waals surface area contributed by atoms with E-state index in [9.17, 15) is 0 Å². The van der Waals surface area contributed by atoms with Crippen LogP contribution in [0.3, 0.4) is 0 Å². The molecule has 2 rings (SSSR count). The summed E-state index contributed by atoms with van der Waals surface area (Å²) in [5.74, 6) is 0.216. The smallest absolute Gasteiger partial charge is 0.203 e. The van der Waals surface area contributed by atoms with E-state index in [1.54, 1.807) is 21.3 Å². The zero-order valence-corrected chi connectivity index (χ0v) is 10.4. The van der Waals surface area contributed by atoms with Crippen LogP contribution in [-0.2, 0) is 9.47 Å². The normalized spacial score (nSPS) is 17.7. The first-order valence-electron chi connectivity index (χ1n) is 5.43. The number of hydrogen-bond acceptors (Lipinski definition) is 5. The Labute approximate surface area is 101 Å². The van der Waals surface area contributed by atoms with Crippen LogP contribution in [0.15, 0.2) is 18.2 Å². The summed E-state index contributed by atoms with van der Waals surface area (Å²) in [6.07, 6.45) is 0. The van der Waals surface area contributed by atoms with Crippen molar-refractivity contribution in [3.05, 3.63) is 18.2 Å². The Morgan fingerprint density at radius 3 is 2.29 bits per heavy atom. The fraction of sp³-hybridized carbons (Fsp3) is 0.500.